The first-order valence-electron chi connectivity index (χ1n) is 6.20. The van der Waals surface area contributed by atoms with Crippen LogP contribution in [0.1, 0.15) is 29.0 Å². The summed E-state index contributed by atoms with van der Waals surface area (Å²) in [5.41, 5.74) is 8.14. The van der Waals surface area contributed by atoms with Gasteiger partial charge in [0, 0.05) is 18.7 Å². The van der Waals surface area contributed by atoms with Gasteiger partial charge in [-0.15, -0.1) is 0 Å². The highest BCUT2D eigenvalue weighted by Crippen LogP contribution is 2.20. The molecule has 1 saturated heterocycles. The largest absolute Gasteiger partial charge is 0.459 e. The summed E-state index contributed by atoms with van der Waals surface area (Å²) in [4.78, 5) is 24.8. The number of carbonyl (C=O) groups is 2. The van der Waals surface area contributed by atoms with Crippen molar-refractivity contribution in [1.82, 2.24) is 10.3 Å². The van der Waals surface area contributed by atoms with E-state index in [9.17, 15) is 9.59 Å². The molecular formula is C12H18N4O3. The van der Waals surface area contributed by atoms with Gasteiger partial charge in [-0.3, -0.25) is 19.9 Å². The maximum absolute atomic E-state index is 11.5. The Morgan fingerprint density at radius 1 is 1.53 bits per heavy atom. The zero-order chi connectivity index (χ0) is 13.8. The molecule has 5 N–H and O–H groups in total. The van der Waals surface area contributed by atoms with Crippen LogP contribution in [0, 0.1) is 5.92 Å². The van der Waals surface area contributed by atoms with Crippen LogP contribution in [-0.2, 0) is 11.3 Å². The van der Waals surface area contributed by atoms with Crippen molar-refractivity contribution in [2.24, 2.45) is 17.5 Å². The van der Waals surface area contributed by atoms with E-state index in [1.54, 1.807) is 6.07 Å². The fraction of sp³-hybridized carbons (Fsp3) is 0.500. The number of carbonyl (C=O) groups excluding carboxylic acids is 2. The number of nitrogens with zero attached hydrogens (tertiary/aromatic N) is 1. The molecule has 7 nitrogen and oxygen atoms in total. The number of hydrogen-bond acceptors (Lipinski definition) is 5. The van der Waals surface area contributed by atoms with Gasteiger partial charge in [0.2, 0.25) is 5.91 Å². The average Bonchev–Trinajstić information content (AvgIpc) is 2.86. The number of nitrogens with one attached hydrogen (secondary N) is 1. The van der Waals surface area contributed by atoms with Crippen molar-refractivity contribution >= 4 is 11.8 Å². The van der Waals surface area contributed by atoms with Crippen LogP contribution in [0.25, 0.3) is 0 Å². The van der Waals surface area contributed by atoms with Crippen LogP contribution in [0.15, 0.2) is 16.7 Å². The molecule has 1 aromatic heterocycles. The highest BCUT2D eigenvalue weighted by molar-refractivity contribution is 5.92. The van der Waals surface area contributed by atoms with Crippen molar-refractivity contribution < 1.29 is 14.0 Å². The van der Waals surface area contributed by atoms with Crippen LogP contribution in [0.5, 0.6) is 0 Å². The van der Waals surface area contributed by atoms with Crippen molar-refractivity contribution in [3.8, 4) is 0 Å². The van der Waals surface area contributed by atoms with Crippen molar-refractivity contribution in [3.05, 3.63) is 23.7 Å². The van der Waals surface area contributed by atoms with Crippen molar-refractivity contribution in [2.45, 2.75) is 19.4 Å². The monoisotopic (exact) mass is 266 g/mol. The first kappa shape index (κ1) is 13.6. The van der Waals surface area contributed by atoms with Gasteiger partial charge >= 0.3 is 5.91 Å². The van der Waals surface area contributed by atoms with Crippen molar-refractivity contribution in [1.29, 1.82) is 0 Å². The van der Waals surface area contributed by atoms with E-state index in [1.807, 2.05) is 5.43 Å². The molecule has 2 heterocycles. The molecule has 0 aromatic carbocycles. The van der Waals surface area contributed by atoms with Crippen LogP contribution >= 0.6 is 0 Å². The SMILES string of the molecule is NNC(=O)c1occc1CN1CCCC(C(N)=O)C1. The summed E-state index contributed by atoms with van der Waals surface area (Å²) in [6, 6.07) is 1.73. The number of likely N-dealkylation sites (tertiary alicyclic amines) is 1. The highest BCUT2D eigenvalue weighted by atomic mass is 16.3. The molecule has 0 saturated carbocycles. The molecule has 1 aromatic rings. The summed E-state index contributed by atoms with van der Waals surface area (Å²) < 4.78 is 5.12. The minimum Gasteiger partial charge on any atom is -0.459 e. The van der Waals surface area contributed by atoms with Gasteiger partial charge in [0.25, 0.3) is 0 Å². The molecule has 0 spiro atoms. The van der Waals surface area contributed by atoms with E-state index in [2.05, 4.69) is 4.90 Å². The lowest BCUT2D eigenvalue weighted by Gasteiger charge is -2.30. The third kappa shape index (κ3) is 3.12. The number of furan rings is 1. The first-order chi connectivity index (χ1) is 9.11. The molecule has 2 amide bonds. The van der Waals surface area contributed by atoms with Crippen molar-refractivity contribution in [2.75, 3.05) is 13.1 Å². The first-order valence-corrected chi connectivity index (χ1v) is 6.20. The average molecular weight is 266 g/mol. The number of piperidine rings is 1. The Kier molecular flexibility index (Phi) is 4.18. The fourth-order valence-electron chi connectivity index (χ4n) is 2.40. The second kappa shape index (κ2) is 5.85. The standard InChI is InChI=1S/C12H18N4O3/c13-11(17)9-2-1-4-16(7-9)6-8-3-5-19-10(8)12(18)15-14/h3,5,9H,1-2,4,6-7,14H2,(H2,13,17)(H,15,18). The number of primary amides is 1. The minimum absolute atomic E-state index is 0.118. The van der Waals surface area contributed by atoms with Crippen molar-refractivity contribution in [3.63, 3.8) is 0 Å². The van der Waals surface area contributed by atoms with E-state index in [0.29, 0.717) is 13.1 Å². The Bertz CT molecular complexity index is 471. The van der Waals surface area contributed by atoms with E-state index in [4.69, 9.17) is 16.0 Å². The Labute approximate surface area is 110 Å². The van der Waals surface area contributed by atoms with Crippen LogP contribution < -0.4 is 17.0 Å². The number of nitrogen functional groups attached to an aromatic ring is 1. The van der Waals surface area contributed by atoms with E-state index < -0.39 is 5.91 Å². The van der Waals surface area contributed by atoms with Crippen LogP contribution in [0.4, 0.5) is 0 Å². The second-order valence-electron chi connectivity index (χ2n) is 4.73. The zero-order valence-corrected chi connectivity index (χ0v) is 10.6. The molecule has 0 bridgehead atoms. The van der Waals surface area contributed by atoms with Gasteiger partial charge in [-0.1, -0.05) is 0 Å². The van der Waals surface area contributed by atoms with Crippen LogP contribution in [0.2, 0.25) is 0 Å². The molecule has 1 aliphatic heterocycles. The summed E-state index contributed by atoms with van der Waals surface area (Å²) in [6.45, 7) is 2.03. The van der Waals surface area contributed by atoms with Gasteiger partial charge in [0.05, 0.1) is 12.2 Å². The molecule has 0 aliphatic carbocycles. The number of nitrogens with two attached hydrogens (primary N) is 2. The molecule has 2 rings (SSSR count). The number of hydrazine groups is 1. The van der Waals surface area contributed by atoms with Gasteiger partial charge in [0.1, 0.15) is 0 Å². The summed E-state index contributed by atoms with van der Waals surface area (Å²) in [7, 11) is 0. The zero-order valence-electron chi connectivity index (χ0n) is 10.6. The van der Waals surface area contributed by atoms with E-state index >= 15 is 0 Å². The minimum atomic E-state index is -0.455. The van der Waals surface area contributed by atoms with Crippen LogP contribution in [-0.4, -0.2) is 29.8 Å². The van der Waals surface area contributed by atoms with Gasteiger partial charge in [0.15, 0.2) is 5.76 Å². The number of amides is 2. The Hall–Kier alpha value is -1.86. The molecule has 104 valence electrons. The Balaban J connectivity index is 2.03. The fourth-order valence-corrected chi connectivity index (χ4v) is 2.40. The smallest absolute Gasteiger partial charge is 0.301 e. The maximum atomic E-state index is 11.5. The molecule has 1 atom stereocenters. The Morgan fingerprint density at radius 2 is 2.32 bits per heavy atom. The van der Waals surface area contributed by atoms with Gasteiger partial charge < -0.3 is 10.2 Å². The van der Waals surface area contributed by atoms with E-state index in [0.717, 1.165) is 24.9 Å². The summed E-state index contributed by atoms with van der Waals surface area (Å²) in [5, 5.41) is 0. The molecule has 19 heavy (non-hydrogen) atoms. The van der Waals surface area contributed by atoms with Crippen LogP contribution in [0.3, 0.4) is 0 Å². The Morgan fingerprint density at radius 3 is 3.00 bits per heavy atom. The lowest BCUT2D eigenvalue weighted by molar-refractivity contribution is -0.123. The lowest BCUT2D eigenvalue weighted by Crippen LogP contribution is -2.41. The van der Waals surface area contributed by atoms with E-state index in [1.165, 1.54) is 6.26 Å². The second-order valence-corrected chi connectivity index (χ2v) is 4.73. The third-order valence-corrected chi connectivity index (χ3v) is 3.39. The molecular weight excluding hydrogens is 248 g/mol. The topological polar surface area (TPSA) is 115 Å². The molecule has 1 unspecified atom stereocenters. The number of hydrogen-bond donors (Lipinski definition) is 3. The molecule has 1 fully saturated rings. The molecule has 7 heteroatoms. The predicted octanol–water partition coefficient (Wildman–Crippen LogP) is -0.420. The maximum Gasteiger partial charge on any atom is 0.301 e. The quantitative estimate of drug-likeness (QED) is 0.389. The summed E-state index contributed by atoms with van der Waals surface area (Å²) in [6.07, 6.45) is 3.20. The lowest BCUT2D eigenvalue weighted by atomic mass is 9.97. The van der Waals surface area contributed by atoms with Gasteiger partial charge in [-0.05, 0) is 25.5 Å². The van der Waals surface area contributed by atoms with E-state index in [-0.39, 0.29) is 17.6 Å². The van der Waals surface area contributed by atoms with Gasteiger partial charge in [-0.25, -0.2) is 5.84 Å². The van der Waals surface area contributed by atoms with Gasteiger partial charge in [-0.2, -0.15) is 0 Å². The summed E-state index contributed by atoms with van der Waals surface area (Å²) >= 11 is 0. The molecule has 0 radical (unpaired) electrons. The molecule has 1 aliphatic rings. The summed E-state index contributed by atoms with van der Waals surface area (Å²) in [5.74, 6) is 4.46. The normalized spacial score (nSPS) is 20.2. The number of rotatable bonds is 4. The third-order valence-electron chi connectivity index (χ3n) is 3.39. The highest BCUT2D eigenvalue weighted by Gasteiger charge is 2.25. The predicted molar refractivity (Wildman–Crippen MR) is 67.6 cm³/mol.